The van der Waals surface area contributed by atoms with Crippen molar-refractivity contribution < 1.29 is 17.9 Å². The van der Waals surface area contributed by atoms with Crippen LogP contribution in [0, 0.1) is 6.92 Å². The summed E-state index contributed by atoms with van der Waals surface area (Å²) >= 11 is 1.44. The number of rotatable bonds is 8. The number of benzene rings is 2. The van der Waals surface area contributed by atoms with E-state index in [2.05, 4.69) is 0 Å². The van der Waals surface area contributed by atoms with E-state index in [1.54, 1.807) is 24.1 Å². The van der Waals surface area contributed by atoms with Crippen LogP contribution in [0.3, 0.4) is 0 Å². The summed E-state index contributed by atoms with van der Waals surface area (Å²) in [6.07, 6.45) is 0. The fourth-order valence-electron chi connectivity index (χ4n) is 3.10. The fourth-order valence-corrected chi connectivity index (χ4v) is 5.08. The number of hydrogen-bond acceptors (Lipinski definition) is 7. The number of hydrogen-bond donors (Lipinski definition) is 0. The number of aryl methyl sites for hydroxylation is 1. The standard InChI is InChI=1S/C22H28N4O4S2/c1-15-7-12-18(30-6)19-20(15)31-22(23-19)26(14-13-24(2)3)21(27)16-8-10-17(11-9-16)32(28,29)25(4)5/h7-12H,13-14H2,1-6H3. The molecule has 32 heavy (non-hydrogen) atoms. The maximum Gasteiger partial charge on any atom is 0.260 e. The Balaban J connectivity index is 2.02. The number of carbonyl (C=O) groups is 1. The largest absolute Gasteiger partial charge is 0.494 e. The van der Waals surface area contributed by atoms with Crippen LogP contribution in [-0.4, -0.2) is 76.9 Å². The van der Waals surface area contributed by atoms with Crippen molar-refractivity contribution in [3.63, 3.8) is 0 Å². The van der Waals surface area contributed by atoms with E-state index in [1.807, 2.05) is 38.1 Å². The number of carbonyl (C=O) groups excluding carboxylic acids is 1. The molecule has 0 N–H and O–H groups in total. The molecule has 0 fully saturated rings. The predicted molar refractivity (Wildman–Crippen MR) is 128 cm³/mol. The van der Waals surface area contributed by atoms with Gasteiger partial charge in [-0.05, 0) is 56.9 Å². The highest BCUT2D eigenvalue weighted by Gasteiger charge is 2.24. The number of amides is 1. The van der Waals surface area contributed by atoms with Gasteiger partial charge in [-0.25, -0.2) is 17.7 Å². The molecule has 10 heteroatoms. The summed E-state index contributed by atoms with van der Waals surface area (Å²) in [6.45, 7) is 3.08. The third-order valence-electron chi connectivity index (χ3n) is 5.04. The highest BCUT2D eigenvalue weighted by molar-refractivity contribution is 7.89. The van der Waals surface area contributed by atoms with Gasteiger partial charge in [0.1, 0.15) is 11.3 Å². The normalized spacial score (nSPS) is 12.0. The minimum atomic E-state index is -3.57. The minimum Gasteiger partial charge on any atom is -0.494 e. The lowest BCUT2D eigenvalue weighted by atomic mass is 10.2. The first kappa shape index (κ1) is 24.1. The number of methoxy groups -OCH3 is 1. The number of fused-ring (bicyclic) bond motifs is 1. The maximum absolute atomic E-state index is 13.5. The van der Waals surface area contributed by atoms with Crippen molar-refractivity contribution in [2.45, 2.75) is 11.8 Å². The fraction of sp³-hybridized carbons (Fsp3) is 0.364. The Morgan fingerprint density at radius 2 is 1.69 bits per heavy atom. The van der Waals surface area contributed by atoms with Gasteiger partial charge in [0.15, 0.2) is 5.13 Å². The van der Waals surface area contributed by atoms with Crippen LogP contribution >= 0.6 is 11.3 Å². The number of sulfonamides is 1. The van der Waals surface area contributed by atoms with Crippen molar-refractivity contribution in [3.05, 3.63) is 47.5 Å². The molecule has 0 spiro atoms. The summed E-state index contributed by atoms with van der Waals surface area (Å²) in [4.78, 5) is 21.9. The lowest BCUT2D eigenvalue weighted by Gasteiger charge is -2.22. The Bertz CT molecular complexity index is 1220. The van der Waals surface area contributed by atoms with Gasteiger partial charge in [0, 0.05) is 32.7 Å². The minimum absolute atomic E-state index is 0.138. The third-order valence-corrected chi connectivity index (χ3v) is 8.08. The van der Waals surface area contributed by atoms with E-state index in [9.17, 15) is 13.2 Å². The molecule has 1 aromatic heterocycles. The Hall–Kier alpha value is -2.53. The summed E-state index contributed by atoms with van der Waals surface area (Å²) in [6, 6.07) is 9.84. The summed E-state index contributed by atoms with van der Waals surface area (Å²) < 4.78 is 32.2. The third kappa shape index (κ3) is 4.78. The molecule has 0 aliphatic carbocycles. The van der Waals surface area contributed by atoms with Gasteiger partial charge in [0.2, 0.25) is 10.0 Å². The molecule has 0 aliphatic heterocycles. The number of likely N-dealkylation sites (N-methyl/N-ethyl adjacent to an activating group) is 1. The average molecular weight is 477 g/mol. The number of aromatic nitrogens is 1. The van der Waals surface area contributed by atoms with E-state index in [0.29, 0.717) is 29.5 Å². The van der Waals surface area contributed by atoms with Crippen LogP contribution in [0.15, 0.2) is 41.3 Å². The maximum atomic E-state index is 13.5. The second kappa shape index (κ2) is 9.53. The predicted octanol–water partition coefficient (Wildman–Crippen LogP) is 3.07. The number of ether oxygens (including phenoxy) is 1. The molecular formula is C22H28N4O4S2. The second-order valence-electron chi connectivity index (χ2n) is 7.83. The first-order chi connectivity index (χ1) is 15.1. The molecule has 3 rings (SSSR count). The average Bonchev–Trinajstić information content (AvgIpc) is 3.20. The van der Waals surface area contributed by atoms with Crippen molar-refractivity contribution >= 4 is 42.6 Å². The molecule has 1 heterocycles. The molecule has 0 aliphatic rings. The molecule has 0 saturated carbocycles. The van der Waals surface area contributed by atoms with Crippen LogP contribution < -0.4 is 9.64 Å². The summed E-state index contributed by atoms with van der Waals surface area (Å²) in [5.74, 6) is 0.419. The zero-order valence-corrected chi connectivity index (χ0v) is 20.7. The van der Waals surface area contributed by atoms with Gasteiger partial charge in [-0.15, -0.1) is 0 Å². The van der Waals surface area contributed by atoms with Crippen molar-refractivity contribution in [3.8, 4) is 5.75 Å². The molecule has 0 bridgehead atoms. The zero-order chi connectivity index (χ0) is 23.6. The monoisotopic (exact) mass is 476 g/mol. The number of nitrogens with zero attached hydrogens (tertiary/aromatic N) is 4. The molecule has 0 radical (unpaired) electrons. The van der Waals surface area contributed by atoms with Gasteiger partial charge >= 0.3 is 0 Å². The summed E-state index contributed by atoms with van der Waals surface area (Å²) in [5.41, 5.74) is 2.18. The highest BCUT2D eigenvalue weighted by atomic mass is 32.2. The topological polar surface area (TPSA) is 83.0 Å². The molecule has 172 valence electrons. The Kier molecular flexibility index (Phi) is 7.19. The molecule has 8 nitrogen and oxygen atoms in total. The SMILES string of the molecule is COc1ccc(C)c2sc(N(CCN(C)C)C(=O)c3ccc(S(=O)(=O)N(C)C)cc3)nc12. The van der Waals surface area contributed by atoms with E-state index in [4.69, 9.17) is 9.72 Å². The molecule has 0 atom stereocenters. The van der Waals surface area contributed by atoms with E-state index in [1.165, 1.54) is 37.6 Å². The molecule has 3 aromatic rings. The summed E-state index contributed by atoms with van der Waals surface area (Å²) in [7, 11) is 4.86. The molecule has 0 saturated heterocycles. The Morgan fingerprint density at radius 1 is 1.03 bits per heavy atom. The first-order valence-corrected chi connectivity index (χ1v) is 12.2. The van der Waals surface area contributed by atoms with Crippen LogP contribution in [0.25, 0.3) is 10.2 Å². The molecule has 2 aromatic carbocycles. The van der Waals surface area contributed by atoms with E-state index in [0.717, 1.165) is 20.1 Å². The lowest BCUT2D eigenvalue weighted by molar-refractivity contribution is 0.0985. The van der Waals surface area contributed by atoms with Gasteiger partial charge in [-0.1, -0.05) is 17.4 Å². The van der Waals surface area contributed by atoms with E-state index in [-0.39, 0.29) is 10.8 Å². The molecular weight excluding hydrogens is 448 g/mol. The van der Waals surface area contributed by atoms with Crippen molar-refractivity contribution in [1.82, 2.24) is 14.2 Å². The van der Waals surface area contributed by atoms with E-state index < -0.39 is 10.0 Å². The number of anilines is 1. The number of thiazole rings is 1. The van der Waals surface area contributed by atoms with Crippen LogP contribution in [0.1, 0.15) is 15.9 Å². The molecule has 0 unspecified atom stereocenters. The van der Waals surface area contributed by atoms with Crippen molar-refractivity contribution in [2.75, 3.05) is 53.3 Å². The van der Waals surface area contributed by atoms with Crippen LogP contribution in [0.4, 0.5) is 5.13 Å². The van der Waals surface area contributed by atoms with Gasteiger partial charge < -0.3 is 9.64 Å². The van der Waals surface area contributed by atoms with Gasteiger partial charge in [-0.2, -0.15) is 0 Å². The van der Waals surface area contributed by atoms with Crippen LogP contribution in [0.5, 0.6) is 5.75 Å². The Labute approximate surface area is 193 Å². The molecule has 1 amide bonds. The zero-order valence-electron chi connectivity index (χ0n) is 19.1. The van der Waals surface area contributed by atoms with Gasteiger partial charge in [-0.3, -0.25) is 9.69 Å². The second-order valence-corrected chi connectivity index (χ2v) is 11.0. The van der Waals surface area contributed by atoms with Crippen LogP contribution in [-0.2, 0) is 10.0 Å². The smallest absolute Gasteiger partial charge is 0.260 e. The van der Waals surface area contributed by atoms with Gasteiger partial charge in [0.05, 0.1) is 16.7 Å². The highest BCUT2D eigenvalue weighted by Crippen LogP contribution is 2.36. The quantitative estimate of drug-likeness (QED) is 0.497. The van der Waals surface area contributed by atoms with Crippen molar-refractivity contribution in [2.24, 2.45) is 0 Å². The lowest BCUT2D eigenvalue weighted by Crippen LogP contribution is -2.36. The van der Waals surface area contributed by atoms with Gasteiger partial charge in [0.25, 0.3) is 5.91 Å². The van der Waals surface area contributed by atoms with Crippen molar-refractivity contribution in [1.29, 1.82) is 0 Å². The summed E-state index contributed by atoms with van der Waals surface area (Å²) in [5, 5.41) is 0.574. The van der Waals surface area contributed by atoms with E-state index >= 15 is 0 Å². The Morgan fingerprint density at radius 3 is 2.25 bits per heavy atom. The van der Waals surface area contributed by atoms with Crippen LogP contribution in [0.2, 0.25) is 0 Å². The first-order valence-electron chi connectivity index (χ1n) is 9.99.